The van der Waals surface area contributed by atoms with Crippen LogP contribution in [0.25, 0.3) is 11.3 Å². The molecule has 1 unspecified atom stereocenters. The van der Waals surface area contributed by atoms with Crippen molar-refractivity contribution in [1.29, 1.82) is 0 Å². The first-order valence-corrected chi connectivity index (χ1v) is 10.5. The summed E-state index contributed by atoms with van der Waals surface area (Å²) >= 11 is 0. The summed E-state index contributed by atoms with van der Waals surface area (Å²) in [6, 6.07) is 0.238. The molecule has 0 aliphatic carbocycles. The van der Waals surface area contributed by atoms with Crippen LogP contribution in [0.4, 0.5) is 0 Å². The summed E-state index contributed by atoms with van der Waals surface area (Å²) in [7, 11) is 3.18. The molecule has 0 radical (unpaired) electrons. The first-order valence-electron chi connectivity index (χ1n) is 10.5. The average molecular weight is 421 g/mol. The number of hydrogen-bond acceptors (Lipinski definition) is 7. The maximum Gasteiger partial charge on any atom is 0.330 e. The molecule has 3 rings (SSSR count). The van der Waals surface area contributed by atoms with E-state index in [1.165, 1.54) is 10.8 Å². The quantitative estimate of drug-likeness (QED) is 0.623. The minimum absolute atomic E-state index is 0.207. The molecule has 10 nitrogen and oxygen atoms in total. The lowest BCUT2D eigenvalue weighted by atomic mass is 10.1. The maximum absolute atomic E-state index is 12.5. The van der Waals surface area contributed by atoms with Gasteiger partial charge in [-0.25, -0.2) is 9.48 Å². The summed E-state index contributed by atoms with van der Waals surface area (Å²) in [5.41, 5.74) is -0.332. The van der Waals surface area contributed by atoms with Crippen LogP contribution >= 0.6 is 0 Å². The van der Waals surface area contributed by atoms with Crippen LogP contribution in [0.5, 0.6) is 0 Å². The second kappa shape index (κ2) is 10.1. The standard InChI is InChI=1S/C20H31N5O5/c1-5-7-13(8-6-2)25-11-15(22-23-25)14-10-24(20(27)21-19(14)26)18-9-16(29-4)17(30-18)12-28-3/h10-11,13,16-18H,5-9,12H2,1-4H3,(H,21,26,27)/t16-,17?,18-/m1/s1. The van der Waals surface area contributed by atoms with Gasteiger partial charge in [-0.3, -0.25) is 14.3 Å². The van der Waals surface area contributed by atoms with Gasteiger partial charge in [-0.1, -0.05) is 31.9 Å². The van der Waals surface area contributed by atoms with Crippen molar-refractivity contribution in [2.45, 2.75) is 70.4 Å². The molecular formula is C20H31N5O5. The van der Waals surface area contributed by atoms with Crippen LogP contribution in [0.2, 0.25) is 0 Å². The van der Waals surface area contributed by atoms with Crippen LogP contribution in [0.15, 0.2) is 22.0 Å². The van der Waals surface area contributed by atoms with Gasteiger partial charge in [0.15, 0.2) is 0 Å². The fourth-order valence-corrected chi connectivity index (χ4v) is 3.97. The molecule has 1 N–H and O–H groups in total. The molecule has 166 valence electrons. The molecule has 1 aliphatic rings. The Morgan fingerprint density at radius 2 is 1.97 bits per heavy atom. The number of ether oxygens (including phenoxy) is 3. The van der Waals surface area contributed by atoms with Crippen molar-refractivity contribution in [2.24, 2.45) is 0 Å². The van der Waals surface area contributed by atoms with Gasteiger partial charge in [0.05, 0.1) is 30.5 Å². The molecule has 0 saturated carbocycles. The van der Waals surface area contributed by atoms with E-state index in [4.69, 9.17) is 14.2 Å². The highest BCUT2D eigenvalue weighted by atomic mass is 16.6. The molecule has 0 aromatic carbocycles. The third kappa shape index (κ3) is 4.71. The Bertz CT molecular complexity index is 930. The van der Waals surface area contributed by atoms with Gasteiger partial charge in [-0.05, 0) is 12.8 Å². The van der Waals surface area contributed by atoms with Crippen LogP contribution in [-0.2, 0) is 14.2 Å². The number of aromatic nitrogens is 5. The van der Waals surface area contributed by atoms with Crippen molar-refractivity contribution < 1.29 is 14.2 Å². The number of aromatic amines is 1. The third-order valence-electron chi connectivity index (χ3n) is 5.50. The van der Waals surface area contributed by atoms with Crippen LogP contribution in [-0.4, -0.2) is 57.6 Å². The number of nitrogens with zero attached hydrogens (tertiary/aromatic N) is 4. The van der Waals surface area contributed by atoms with E-state index in [1.807, 2.05) is 4.68 Å². The summed E-state index contributed by atoms with van der Waals surface area (Å²) in [6.45, 7) is 4.62. The molecule has 2 aromatic rings. The van der Waals surface area contributed by atoms with Gasteiger partial charge >= 0.3 is 5.69 Å². The van der Waals surface area contributed by atoms with E-state index < -0.39 is 17.5 Å². The summed E-state index contributed by atoms with van der Waals surface area (Å²) in [5.74, 6) is 0. The molecule has 1 saturated heterocycles. The number of hydrogen-bond donors (Lipinski definition) is 1. The van der Waals surface area contributed by atoms with Gasteiger partial charge < -0.3 is 14.2 Å². The van der Waals surface area contributed by atoms with E-state index in [9.17, 15) is 9.59 Å². The SMILES string of the molecule is CCCC(CCC)n1cc(-c2cn([C@H]3C[C@@H](OC)C(COC)O3)c(=O)[nH]c2=O)nn1. The molecule has 1 aliphatic heterocycles. The highest BCUT2D eigenvalue weighted by Gasteiger charge is 2.37. The van der Waals surface area contributed by atoms with Crippen molar-refractivity contribution in [3.05, 3.63) is 33.2 Å². The highest BCUT2D eigenvalue weighted by molar-refractivity contribution is 5.54. The van der Waals surface area contributed by atoms with Crippen molar-refractivity contribution >= 4 is 0 Å². The minimum atomic E-state index is -0.568. The Morgan fingerprint density at radius 3 is 2.60 bits per heavy atom. The topological polar surface area (TPSA) is 113 Å². The molecule has 3 heterocycles. The van der Waals surface area contributed by atoms with Gasteiger partial charge in [0.2, 0.25) is 0 Å². The first kappa shape index (κ1) is 22.4. The summed E-state index contributed by atoms with van der Waals surface area (Å²) < 4.78 is 19.8. The summed E-state index contributed by atoms with van der Waals surface area (Å²) in [6.07, 6.45) is 6.72. The number of H-pyrrole nitrogens is 1. The summed E-state index contributed by atoms with van der Waals surface area (Å²) in [5, 5.41) is 8.44. The van der Waals surface area contributed by atoms with Gasteiger partial charge in [0.1, 0.15) is 18.0 Å². The number of methoxy groups -OCH3 is 2. The molecule has 30 heavy (non-hydrogen) atoms. The third-order valence-corrected chi connectivity index (χ3v) is 5.50. The van der Waals surface area contributed by atoms with Crippen LogP contribution in [0, 0.1) is 0 Å². The predicted molar refractivity (Wildman–Crippen MR) is 110 cm³/mol. The largest absolute Gasteiger partial charge is 0.382 e. The second-order valence-electron chi connectivity index (χ2n) is 7.62. The fourth-order valence-electron chi connectivity index (χ4n) is 3.97. The smallest absolute Gasteiger partial charge is 0.330 e. The average Bonchev–Trinajstić information content (AvgIpc) is 3.35. The van der Waals surface area contributed by atoms with E-state index >= 15 is 0 Å². The van der Waals surface area contributed by atoms with E-state index in [0.29, 0.717) is 18.7 Å². The molecular weight excluding hydrogens is 390 g/mol. The van der Waals surface area contributed by atoms with E-state index in [1.54, 1.807) is 20.4 Å². The summed E-state index contributed by atoms with van der Waals surface area (Å²) in [4.78, 5) is 27.3. The van der Waals surface area contributed by atoms with E-state index in [0.717, 1.165) is 25.7 Å². The van der Waals surface area contributed by atoms with Crippen molar-refractivity contribution in [2.75, 3.05) is 20.8 Å². The lowest BCUT2D eigenvalue weighted by Gasteiger charge is -2.16. The lowest BCUT2D eigenvalue weighted by molar-refractivity contribution is -0.0617. The molecule has 1 fully saturated rings. The Kier molecular flexibility index (Phi) is 7.57. The number of nitrogens with one attached hydrogen (secondary N) is 1. The van der Waals surface area contributed by atoms with Crippen molar-refractivity contribution in [1.82, 2.24) is 24.5 Å². The molecule has 2 aromatic heterocycles. The van der Waals surface area contributed by atoms with Gasteiger partial charge in [-0.2, -0.15) is 0 Å². The lowest BCUT2D eigenvalue weighted by Crippen LogP contribution is -2.33. The number of rotatable bonds is 10. The van der Waals surface area contributed by atoms with Crippen LogP contribution < -0.4 is 11.2 Å². The van der Waals surface area contributed by atoms with Gasteiger partial charge in [0, 0.05) is 26.8 Å². The normalized spacial score (nSPS) is 21.6. The zero-order chi connectivity index (χ0) is 21.7. The first-order chi connectivity index (χ1) is 14.5. The van der Waals surface area contributed by atoms with Crippen molar-refractivity contribution in [3.8, 4) is 11.3 Å². The van der Waals surface area contributed by atoms with Crippen molar-refractivity contribution in [3.63, 3.8) is 0 Å². The second-order valence-corrected chi connectivity index (χ2v) is 7.62. The Hall–Kier alpha value is -2.30. The molecule has 10 heteroatoms. The highest BCUT2D eigenvalue weighted by Crippen LogP contribution is 2.30. The fraction of sp³-hybridized carbons (Fsp3) is 0.700. The van der Waals surface area contributed by atoms with E-state index in [-0.39, 0.29) is 23.8 Å². The molecule has 0 spiro atoms. The Morgan fingerprint density at radius 1 is 1.23 bits per heavy atom. The zero-order valence-electron chi connectivity index (χ0n) is 18.0. The molecule has 3 atom stereocenters. The van der Waals surface area contributed by atoms with Gasteiger partial charge in [-0.15, -0.1) is 5.10 Å². The van der Waals surface area contributed by atoms with Crippen LogP contribution in [0.3, 0.4) is 0 Å². The predicted octanol–water partition coefficient (Wildman–Crippen LogP) is 1.89. The maximum atomic E-state index is 12.5. The Balaban J connectivity index is 1.91. The van der Waals surface area contributed by atoms with Gasteiger partial charge in [0.25, 0.3) is 5.56 Å². The van der Waals surface area contributed by atoms with E-state index in [2.05, 4.69) is 29.1 Å². The molecule has 0 amide bonds. The molecule has 0 bridgehead atoms. The monoisotopic (exact) mass is 421 g/mol. The minimum Gasteiger partial charge on any atom is -0.382 e. The zero-order valence-corrected chi connectivity index (χ0v) is 18.0. The van der Waals surface area contributed by atoms with Crippen LogP contribution in [0.1, 0.15) is 58.2 Å². The Labute approximate surface area is 175 Å².